The molecule has 2 aromatic carbocycles. The van der Waals surface area contributed by atoms with Gasteiger partial charge in [-0.3, -0.25) is 4.31 Å². The maximum atomic E-state index is 12.1. The Balaban J connectivity index is 2.66. The molecule has 0 aliphatic heterocycles. The molecule has 5 heteroatoms. The molecule has 0 aliphatic rings. The molecule has 0 aliphatic carbocycles. The molecule has 2 aromatic rings. The highest BCUT2D eigenvalue weighted by molar-refractivity contribution is 9.10. The van der Waals surface area contributed by atoms with Gasteiger partial charge in [-0.25, -0.2) is 8.42 Å². The third-order valence-electron chi connectivity index (χ3n) is 2.80. The number of hydrogen-bond acceptors (Lipinski definition) is 2. The summed E-state index contributed by atoms with van der Waals surface area (Å²) in [5.41, 5.74) is 0.732. The summed E-state index contributed by atoms with van der Waals surface area (Å²) in [6.45, 7) is 2.25. The summed E-state index contributed by atoms with van der Waals surface area (Å²) in [5.74, 6) is 0. The van der Waals surface area contributed by atoms with Crippen LogP contribution in [-0.2, 0) is 10.0 Å². The van der Waals surface area contributed by atoms with E-state index in [1.54, 1.807) is 0 Å². The third-order valence-corrected chi connectivity index (χ3v) is 5.93. The summed E-state index contributed by atoms with van der Waals surface area (Å²) in [5, 5.41) is 1.99. The normalized spacial score (nSPS) is 11.7. The van der Waals surface area contributed by atoms with Crippen molar-refractivity contribution >= 4 is 42.4 Å². The molecule has 0 atom stereocenters. The van der Waals surface area contributed by atoms with Gasteiger partial charge in [-0.1, -0.05) is 52.3 Å². The smallest absolute Gasteiger partial charge is 0.245 e. The van der Waals surface area contributed by atoms with Crippen molar-refractivity contribution in [1.29, 1.82) is 0 Å². The summed E-state index contributed by atoms with van der Waals surface area (Å²) < 4.78 is 25.5. The molecule has 3 nitrogen and oxygen atoms in total. The predicted octanol–water partition coefficient (Wildman–Crippen LogP) is 3.35. The lowest BCUT2D eigenvalue weighted by Crippen LogP contribution is -2.31. The van der Waals surface area contributed by atoms with Gasteiger partial charge in [-0.05, 0) is 18.4 Å². The van der Waals surface area contributed by atoms with E-state index < -0.39 is 10.0 Å². The number of nitrogens with zero attached hydrogens (tertiary/aromatic N) is 1. The molecule has 0 amide bonds. The molecular formula is C13H14BrNO2S. The van der Waals surface area contributed by atoms with Crippen molar-refractivity contribution < 1.29 is 8.42 Å². The fraction of sp³-hybridized carbons (Fsp3) is 0.231. The van der Waals surface area contributed by atoms with Crippen LogP contribution in [0.4, 0.5) is 5.69 Å². The first-order valence-electron chi connectivity index (χ1n) is 5.64. The largest absolute Gasteiger partial charge is 0.269 e. The van der Waals surface area contributed by atoms with Gasteiger partial charge in [-0.15, -0.1) is 0 Å². The fourth-order valence-corrected chi connectivity index (χ4v) is 3.71. The standard InChI is InChI=1S/C13H14BrNO2S/c1-2-15(18(16,17)10-14)13-9-5-7-11-6-3-4-8-12(11)13/h3-9H,2,10H2,1H3. The van der Waals surface area contributed by atoms with Crippen molar-refractivity contribution in [1.82, 2.24) is 0 Å². The Kier molecular flexibility index (Phi) is 3.92. The minimum Gasteiger partial charge on any atom is -0.269 e. The van der Waals surface area contributed by atoms with Crippen LogP contribution < -0.4 is 4.31 Å². The Morgan fingerprint density at radius 1 is 1.11 bits per heavy atom. The molecule has 0 saturated heterocycles. The predicted molar refractivity (Wildman–Crippen MR) is 79.7 cm³/mol. The number of hydrogen-bond donors (Lipinski definition) is 0. The Labute approximate surface area is 116 Å². The number of sulfonamides is 1. The van der Waals surface area contributed by atoms with E-state index in [1.165, 1.54) is 4.31 Å². The minimum absolute atomic E-state index is 0.0724. The molecule has 2 rings (SSSR count). The lowest BCUT2D eigenvalue weighted by Gasteiger charge is -2.23. The van der Waals surface area contributed by atoms with Crippen LogP contribution in [0.25, 0.3) is 10.8 Å². The minimum atomic E-state index is -3.30. The Morgan fingerprint density at radius 2 is 1.78 bits per heavy atom. The Hall–Kier alpha value is -1.07. The van der Waals surface area contributed by atoms with Gasteiger partial charge in [-0.2, -0.15) is 0 Å². The van der Waals surface area contributed by atoms with Gasteiger partial charge in [0.2, 0.25) is 10.0 Å². The summed E-state index contributed by atoms with van der Waals surface area (Å²) >= 11 is 3.04. The highest BCUT2D eigenvalue weighted by Gasteiger charge is 2.20. The number of anilines is 1. The van der Waals surface area contributed by atoms with E-state index in [0.717, 1.165) is 16.5 Å². The first kappa shape index (κ1) is 13.4. The zero-order chi connectivity index (χ0) is 13.2. The van der Waals surface area contributed by atoms with E-state index in [1.807, 2.05) is 49.4 Å². The second kappa shape index (κ2) is 5.28. The van der Waals surface area contributed by atoms with Crippen LogP contribution in [0.2, 0.25) is 0 Å². The Bertz CT molecular complexity index is 650. The Morgan fingerprint density at radius 3 is 2.44 bits per heavy atom. The van der Waals surface area contributed by atoms with Gasteiger partial charge in [0.15, 0.2) is 0 Å². The van der Waals surface area contributed by atoms with Gasteiger partial charge in [0.05, 0.1) is 5.69 Å². The van der Waals surface area contributed by atoms with Crippen LogP contribution in [0, 0.1) is 0 Å². The van der Waals surface area contributed by atoms with Crippen LogP contribution >= 0.6 is 15.9 Å². The van der Waals surface area contributed by atoms with Crippen LogP contribution in [0.3, 0.4) is 0 Å². The number of benzene rings is 2. The second-order valence-electron chi connectivity index (χ2n) is 3.88. The van der Waals surface area contributed by atoms with Crippen molar-refractivity contribution in [3.05, 3.63) is 42.5 Å². The van der Waals surface area contributed by atoms with Gasteiger partial charge in [0.1, 0.15) is 4.66 Å². The van der Waals surface area contributed by atoms with Gasteiger partial charge < -0.3 is 0 Å². The van der Waals surface area contributed by atoms with Crippen molar-refractivity contribution in [3.8, 4) is 0 Å². The van der Waals surface area contributed by atoms with Gasteiger partial charge in [0, 0.05) is 11.9 Å². The maximum absolute atomic E-state index is 12.1. The van der Waals surface area contributed by atoms with Crippen molar-refractivity contribution in [2.75, 3.05) is 15.5 Å². The topological polar surface area (TPSA) is 37.4 Å². The number of halogens is 1. The van der Waals surface area contributed by atoms with Crippen molar-refractivity contribution in [2.45, 2.75) is 6.92 Å². The molecule has 0 aromatic heterocycles. The van der Waals surface area contributed by atoms with Gasteiger partial charge in [0.25, 0.3) is 0 Å². The van der Waals surface area contributed by atoms with E-state index in [-0.39, 0.29) is 4.66 Å². The fourth-order valence-electron chi connectivity index (χ4n) is 2.00. The summed E-state index contributed by atoms with van der Waals surface area (Å²) in [6, 6.07) is 13.5. The lowest BCUT2D eigenvalue weighted by atomic mass is 10.1. The maximum Gasteiger partial charge on any atom is 0.245 e. The molecule has 0 saturated carbocycles. The van der Waals surface area contributed by atoms with Crippen LogP contribution in [-0.4, -0.2) is 19.6 Å². The monoisotopic (exact) mass is 327 g/mol. The number of rotatable bonds is 4. The van der Waals surface area contributed by atoms with Gasteiger partial charge >= 0.3 is 0 Å². The second-order valence-corrected chi connectivity index (χ2v) is 7.08. The summed E-state index contributed by atoms with van der Waals surface area (Å²) in [7, 11) is -3.30. The van der Waals surface area contributed by atoms with E-state index in [0.29, 0.717) is 6.54 Å². The average Bonchev–Trinajstić information content (AvgIpc) is 2.39. The molecule has 0 bridgehead atoms. The molecular weight excluding hydrogens is 314 g/mol. The SMILES string of the molecule is CCN(c1cccc2ccccc12)S(=O)(=O)CBr. The average molecular weight is 328 g/mol. The van der Waals surface area contributed by atoms with Crippen molar-refractivity contribution in [2.24, 2.45) is 0 Å². The molecule has 0 fully saturated rings. The van der Waals surface area contributed by atoms with Crippen LogP contribution in [0.15, 0.2) is 42.5 Å². The summed E-state index contributed by atoms with van der Waals surface area (Å²) in [6.07, 6.45) is 0. The van der Waals surface area contributed by atoms with E-state index in [2.05, 4.69) is 15.9 Å². The quantitative estimate of drug-likeness (QED) is 0.807. The first-order chi connectivity index (χ1) is 8.60. The van der Waals surface area contributed by atoms with Crippen LogP contribution in [0.1, 0.15) is 6.92 Å². The lowest BCUT2D eigenvalue weighted by molar-refractivity contribution is 0.597. The highest BCUT2D eigenvalue weighted by Crippen LogP contribution is 2.28. The molecule has 96 valence electrons. The van der Waals surface area contributed by atoms with Crippen LogP contribution in [0.5, 0.6) is 0 Å². The zero-order valence-corrected chi connectivity index (χ0v) is 12.4. The molecule has 0 heterocycles. The molecule has 0 N–H and O–H groups in total. The van der Waals surface area contributed by atoms with E-state index in [9.17, 15) is 8.42 Å². The molecule has 0 spiro atoms. The first-order valence-corrected chi connectivity index (χ1v) is 8.37. The molecule has 0 unspecified atom stereocenters. The van der Waals surface area contributed by atoms with E-state index in [4.69, 9.17) is 0 Å². The molecule has 18 heavy (non-hydrogen) atoms. The zero-order valence-electron chi connectivity index (χ0n) is 10.0. The summed E-state index contributed by atoms with van der Waals surface area (Å²) in [4.78, 5) is 0. The highest BCUT2D eigenvalue weighted by atomic mass is 79.9. The molecule has 0 radical (unpaired) electrons. The number of fused-ring (bicyclic) bond motifs is 1. The number of alkyl halides is 1. The van der Waals surface area contributed by atoms with Crippen molar-refractivity contribution in [3.63, 3.8) is 0 Å². The third kappa shape index (κ3) is 2.37. The van der Waals surface area contributed by atoms with E-state index >= 15 is 0 Å².